The number of carbonyl (C=O) groups is 2. The summed E-state index contributed by atoms with van der Waals surface area (Å²) in [7, 11) is 0. The Labute approximate surface area is 155 Å². The fraction of sp³-hybridized carbons (Fsp3) is 0.316. The van der Waals surface area contributed by atoms with Crippen LogP contribution in [0.2, 0.25) is 0 Å². The van der Waals surface area contributed by atoms with Crippen molar-refractivity contribution < 1.29 is 14.7 Å². The van der Waals surface area contributed by atoms with Crippen LogP contribution in [0.4, 0.5) is 0 Å². The highest BCUT2D eigenvalue weighted by Gasteiger charge is 2.39. The van der Waals surface area contributed by atoms with Crippen LogP contribution in [-0.4, -0.2) is 54.4 Å². The van der Waals surface area contributed by atoms with E-state index in [-0.39, 0.29) is 17.6 Å². The number of rotatable bonds is 3. The van der Waals surface area contributed by atoms with Gasteiger partial charge in [-0.25, -0.2) is 4.68 Å². The van der Waals surface area contributed by atoms with Gasteiger partial charge in [-0.15, -0.1) is 5.10 Å². The third kappa shape index (κ3) is 2.73. The molecule has 1 N–H and O–H groups in total. The van der Waals surface area contributed by atoms with Gasteiger partial charge in [0, 0.05) is 24.2 Å². The minimum atomic E-state index is -0.875. The molecule has 1 fully saturated rings. The maximum atomic E-state index is 13.0. The Morgan fingerprint density at radius 1 is 1.22 bits per heavy atom. The van der Waals surface area contributed by atoms with E-state index in [0.717, 1.165) is 16.6 Å². The van der Waals surface area contributed by atoms with Crippen molar-refractivity contribution in [2.75, 3.05) is 6.54 Å². The predicted octanol–water partition coefficient (Wildman–Crippen LogP) is 2.06. The van der Waals surface area contributed by atoms with E-state index < -0.39 is 11.9 Å². The third-order valence-electron chi connectivity index (χ3n) is 5.27. The standard InChI is InChI=1S/C19H19N5O3/c1-11-14(19(26)27)8-10-23(11)18(25)16-12(2)24(22-21-16)15-7-3-5-13-6-4-9-20-17(13)15/h3-7,9,11,14H,8,10H2,1-2H3,(H,26,27). The zero-order valence-corrected chi connectivity index (χ0v) is 15.0. The summed E-state index contributed by atoms with van der Waals surface area (Å²) < 4.78 is 1.61. The van der Waals surface area contributed by atoms with E-state index in [4.69, 9.17) is 0 Å². The number of aromatic nitrogens is 4. The fourth-order valence-corrected chi connectivity index (χ4v) is 3.71. The number of para-hydroxylation sites is 1. The normalized spacial score (nSPS) is 19.6. The number of carboxylic acid groups (broad SMARTS) is 1. The summed E-state index contributed by atoms with van der Waals surface area (Å²) in [6, 6.07) is 9.19. The van der Waals surface area contributed by atoms with E-state index in [1.165, 1.54) is 0 Å². The van der Waals surface area contributed by atoms with Gasteiger partial charge in [0.1, 0.15) is 0 Å². The first-order valence-electron chi connectivity index (χ1n) is 8.79. The van der Waals surface area contributed by atoms with E-state index in [9.17, 15) is 14.7 Å². The van der Waals surface area contributed by atoms with Gasteiger partial charge in [-0.2, -0.15) is 0 Å². The zero-order valence-electron chi connectivity index (χ0n) is 15.0. The van der Waals surface area contributed by atoms with Crippen LogP contribution in [0.25, 0.3) is 16.6 Å². The van der Waals surface area contributed by atoms with E-state index >= 15 is 0 Å². The average molecular weight is 365 g/mol. The minimum Gasteiger partial charge on any atom is -0.481 e. The van der Waals surface area contributed by atoms with Crippen molar-refractivity contribution >= 4 is 22.8 Å². The zero-order chi connectivity index (χ0) is 19.1. The van der Waals surface area contributed by atoms with Gasteiger partial charge in [0.15, 0.2) is 5.69 Å². The molecule has 8 heteroatoms. The largest absolute Gasteiger partial charge is 0.481 e. The van der Waals surface area contributed by atoms with Gasteiger partial charge in [-0.1, -0.05) is 23.4 Å². The van der Waals surface area contributed by atoms with Crippen LogP contribution in [0.1, 0.15) is 29.5 Å². The van der Waals surface area contributed by atoms with Crippen molar-refractivity contribution in [3.8, 4) is 5.69 Å². The molecule has 1 aliphatic heterocycles. The lowest BCUT2D eigenvalue weighted by atomic mass is 10.0. The Morgan fingerprint density at radius 2 is 2.00 bits per heavy atom. The molecule has 2 unspecified atom stereocenters. The SMILES string of the molecule is Cc1c(C(=O)N2CCC(C(=O)O)C2C)nnn1-c1cccc2cccnc12. The first-order chi connectivity index (χ1) is 13.0. The molecule has 1 aromatic carbocycles. The van der Waals surface area contributed by atoms with E-state index in [2.05, 4.69) is 15.3 Å². The lowest BCUT2D eigenvalue weighted by Gasteiger charge is -2.22. The Balaban J connectivity index is 1.71. The third-order valence-corrected chi connectivity index (χ3v) is 5.27. The Hall–Kier alpha value is -3.29. The first kappa shape index (κ1) is 17.1. The molecule has 1 aliphatic rings. The van der Waals surface area contributed by atoms with E-state index in [0.29, 0.717) is 18.7 Å². The molecule has 1 amide bonds. The molecule has 0 radical (unpaired) electrons. The number of aliphatic carboxylic acids is 1. The molecule has 3 aromatic rings. The first-order valence-corrected chi connectivity index (χ1v) is 8.79. The Kier molecular flexibility index (Phi) is 4.10. The molecule has 27 heavy (non-hydrogen) atoms. The molecule has 0 bridgehead atoms. The maximum Gasteiger partial charge on any atom is 0.308 e. The lowest BCUT2D eigenvalue weighted by Crippen LogP contribution is -2.38. The van der Waals surface area contributed by atoms with Crippen LogP contribution >= 0.6 is 0 Å². The minimum absolute atomic E-state index is 0.237. The summed E-state index contributed by atoms with van der Waals surface area (Å²) in [6.07, 6.45) is 2.16. The highest BCUT2D eigenvalue weighted by molar-refractivity contribution is 5.94. The van der Waals surface area contributed by atoms with Gasteiger partial charge in [0.2, 0.25) is 0 Å². The summed E-state index contributed by atoms with van der Waals surface area (Å²) in [5, 5.41) is 18.5. The van der Waals surface area contributed by atoms with Gasteiger partial charge >= 0.3 is 5.97 Å². The number of pyridine rings is 1. The molecule has 4 rings (SSSR count). The Bertz CT molecular complexity index is 1040. The second kappa shape index (κ2) is 6.46. The quantitative estimate of drug-likeness (QED) is 0.762. The maximum absolute atomic E-state index is 13.0. The molecule has 8 nitrogen and oxygen atoms in total. The number of benzene rings is 1. The number of fused-ring (bicyclic) bond motifs is 1. The van der Waals surface area contributed by atoms with Crippen molar-refractivity contribution in [1.82, 2.24) is 24.9 Å². The summed E-state index contributed by atoms with van der Waals surface area (Å²) in [4.78, 5) is 30.3. The summed E-state index contributed by atoms with van der Waals surface area (Å²) >= 11 is 0. The average Bonchev–Trinajstić information content (AvgIpc) is 3.23. The molecule has 0 spiro atoms. The molecule has 2 atom stereocenters. The molecule has 0 aliphatic carbocycles. The number of amides is 1. The molecular weight excluding hydrogens is 346 g/mol. The smallest absolute Gasteiger partial charge is 0.308 e. The van der Waals surface area contributed by atoms with Crippen molar-refractivity contribution in [3.63, 3.8) is 0 Å². The second-order valence-corrected chi connectivity index (χ2v) is 6.76. The molecule has 138 valence electrons. The van der Waals surface area contributed by atoms with Gasteiger partial charge in [-0.05, 0) is 32.4 Å². The van der Waals surface area contributed by atoms with Crippen molar-refractivity contribution in [2.45, 2.75) is 26.3 Å². The summed E-state index contributed by atoms with van der Waals surface area (Å²) in [5.41, 5.74) is 2.35. The van der Waals surface area contributed by atoms with Crippen LogP contribution in [0.15, 0.2) is 36.5 Å². The van der Waals surface area contributed by atoms with Crippen molar-refractivity contribution in [2.24, 2.45) is 5.92 Å². The summed E-state index contributed by atoms with van der Waals surface area (Å²) in [6.45, 7) is 3.95. The van der Waals surface area contributed by atoms with Crippen LogP contribution in [0.3, 0.4) is 0 Å². The molecule has 2 aromatic heterocycles. The van der Waals surface area contributed by atoms with E-state index in [1.807, 2.05) is 30.3 Å². The number of hydrogen-bond acceptors (Lipinski definition) is 5. The lowest BCUT2D eigenvalue weighted by molar-refractivity contribution is -0.142. The highest BCUT2D eigenvalue weighted by Crippen LogP contribution is 2.27. The fourth-order valence-electron chi connectivity index (χ4n) is 3.71. The monoisotopic (exact) mass is 365 g/mol. The van der Waals surface area contributed by atoms with Crippen molar-refractivity contribution in [3.05, 3.63) is 47.9 Å². The molecule has 0 saturated carbocycles. The topological polar surface area (TPSA) is 101 Å². The van der Waals surface area contributed by atoms with Crippen LogP contribution in [0, 0.1) is 12.8 Å². The van der Waals surface area contributed by atoms with Gasteiger partial charge in [0.05, 0.1) is 22.8 Å². The number of nitrogens with zero attached hydrogens (tertiary/aromatic N) is 5. The van der Waals surface area contributed by atoms with E-state index in [1.54, 1.807) is 29.6 Å². The predicted molar refractivity (Wildman–Crippen MR) is 97.6 cm³/mol. The Morgan fingerprint density at radius 3 is 2.74 bits per heavy atom. The van der Waals surface area contributed by atoms with Crippen LogP contribution in [0.5, 0.6) is 0 Å². The van der Waals surface area contributed by atoms with Gasteiger partial charge < -0.3 is 10.0 Å². The summed E-state index contributed by atoms with van der Waals surface area (Å²) in [5.74, 6) is -1.71. The van der Waals surface area contributed by atoms with Gasteiger partial charge in [-0.3, -0.25) is 14.6 Å². The molecule has 3 heterocycles. The number of carboxylic acids is 1. The van der Waals surface area contributed by atoms with Crippen LogP contribution < -0.4 is 0 Å². The number of likely N-dealkylation sites (tertiary alicyclic amines) is 1. The van der Waals surface area contributed by atoms with Crippen molar-refractivity contribution in [1.29, 1.82) is 0 Å². The number of carbonyl (C=O) groups excluding carboxylic acids is 1. The van der Waals surface area contributed by atoms with Crippen LogP contribution in [-0.2, 0) is 4.79 Å². The molecule has 1 saturated heterocycles. The molecular formula is C19H19N5O3. The second-order valence-electron chi connectivity index (χ2n) is 6.76. The van der Waals surface area contributed by atoms with Gasteiger partial charge in [0.25, 0.3) is 5.91 Å². The highest BCUT2D eigenvalue weighted by atomic mass is 16.4. The number of hydrogen-bond donors (Lipinski definition) is 1.